The Kier molecular flexibility index (Phi) is 3.81. The summed E-state index contributed by atoms with van der Waals surface area (Å²) < 4.78 is 0. The Balaban J connectivity index is 1.91. The molecule has 0 aliphatic carbocycles. The van der Waals surface area contributed by atoms with E-state index in [2.05, 4.69) is 25.3 Å². The SMILES string of the molecule is NCCc1cc2c(NCc3nccs3)nc(Cl)nc2[nH]1. The molecule has 3 rings (SSSR count). The van der Waals surface area contributed by atoms with E-state index in [1.54, 1.807) is 17.5 Å². The number of fused-ring (bicyclic) bond motifs is 1. The van der Waals surface area contributed by atoms with Gasteiger partial charge in [-0.3, -0.25) is 0 Å². The van der Waals surface area contributed by atoms with Gasteiger partial charge in [0.25, 0.3) is 0 Å². The molecular formula is C12H13ClN6S. The lowest BCUT2D eigenvalue weighted by atomic mass is 10.3. The highest BCUT2D eigenvalue weighted by Gasteiger charge is 2.10. The summed E-state index contributed by atoms with van der Waals surface area (Å²) in [5.74, 6) is 0.703. The molecule has 0 aromatic carbocycles. The number of anilines is 1. The molecule has 0 atom stereocenters. The van der Waals surface area contributed by atoms with Crippen molar-refractivity contribution < 1.29 is 0 Å². The summed E-state index contributed by atoms with van der Waals surface area (Å²) in [6.45, 7) is 1.19. The normalized spacial score (nSPS) is 11.1. The maximum Gasteiger partial charge on any atom is 0.226 e. The average Bonchev–Trinajstić information content (AvgIpc) is 3.05. The van der Waals surface area contributed by atoms with Gasteiger partial charge in [0.05, 0.1) is 11.9 Å². The smallest absolute Gasteiger partial charge is 0.226 e. The predicted octanol–water partition coefficient (Wildman–Crippen LogP) is 2.18. The van der Waals surface area contributed by atoms with Crippen molar-refractivity contribution in [2.24, 2.45) is 5.73 Å². The highest BCUT2D eigenvalue weighted by Crippen LogP contribution is 2.24. The third-order valence-electron chi connectivity index (χ3n) is 2.82. The summed E-state index contributed by atoms with van der Waals surface area (Å²) in [5.41, 5.74) is 7.31. The van der Waals surface area contributed by atoms with Crippen LogP contribution in [0.25, 0.3) is 11.0 Å². The van der Waals surface area contributed by atoms with Gasteiger partial charge in [-0.05, 0) is 30.6 Å². The molecule has 104 valence electrons. The highest BCUT2D eigenvalue weighted by molar-refractivity contribution is 7.09. The summed E-state index contributed by atoms with van der Waals surface area (Å²) in [6.07, 6.45) is 2.54. The molecule has 6 nitrogen and oxygen atoms in total. The molecule has 0 saturated carbocycles. The van der Waals surface area contributed by atoms with E-state index in [0.29, 0.717) is 18.9 Å². The molecule has 0 amide bonds. The van der Waals surface area contributed by atoms with Crippen LogP contribution in [0.5, 0.6) is 0 Å². The fourth-order valence-electron chi connectivity index (χ4n) is 1.96. The van der Waals surface area contributed by atoms with Crippen molar-refractivity contribution in [3.05, 3.63) is 33.6 Å². The molecule has 8 heteroatoms. The summed E-state index contributed by atoms with van der Waals surface area (Å²) in [5, 5.41) is 7.30. The Labute approximate surface area is 124 Å². The number of halogens is 1. The van der Waals surface area contributed by atoms with Crippen molar-refractivity contribution in [3.8, 4) is 0 Å². The monoisotopic (exact) mass is 308 g/mol. The summed E-state index contributed by atoms with van der Waals surface area (Å²) >= 11 is 7.54. The minimum absolute atomic E-state index is 0.209. The van der Waals surface area contributed by atoms with E-state index >= 15 is 0 Å². The van der Waals surface area contributed by atoms with Crippen molar-refractivity contribution in [1.82, 2.24) is 19.9 Å². The maximum absolute atomic E-state index is 5.95. The van der Waals surface area contributed by atoms with Crippen molar-refractivity contribution in [2.45, 2.75) is 13.0 Å². The standard InChI is InChI=1S/C12H13ClN6S/c13-12-18-10(16-6-9-15-3-4-20-9)8-5-7(1-2-14)17-11(8)19-12/h3-5H,1-2,6,14H2,(H2,16,17,18,19). The first-order valence-corrected chi connectivity index (χ1v) is 7.39. The Morgan fingerprint density at radius 2 is 2.30 bits per heavy atom. The Hall–Kier alpha value is -1.70. The molecule has 0 unspecified atom stereocenters. The Bertz CT molecular complexity index is 708. The van der Waals surface area contributed by atoms with Crippen LogP contribution in [-0.4, -0.2) is 26.5 Å². The van der Waals surface area contributed by atoms with Gasteiger partial charge in [-0.1, -0.05) is 0 Å². The number of rotatable bonds is 5. The van der Waals surface area contributed by atoms with Crippen molar-refractivity contribution in [3.63, 3.8) is 0 Å². The van der Waals surface area contributed by atoms with Gasteiger partial charge in [0, 0.05) is 17.3 Å². The number of thiazole rings is 1. The molecule has 20 heavy (non-hydrogen) atoms. The van der Waals surface area contributed by atoms with Crippen molar-refractivity contribution in [2.75, 3.05) is 11.9 Å². The largest absolute Gasteiger partial charge is 0.363 e. The first kappa shape index (κ1) is 13.3. The number of hydrogen-bond donors (Lipinski definition) is 3. The second kappa shape index (κ2) is 5.74. The molecule has 0 aliphatic heterocycles. The second-order valence-corrected chi connectivity index (χ2v) is 5.53. The molecule has 0 bridgehead atoms. The highest BCUT2D eigenvalue weighted by atomic mass is 35.5. The topological polar surface area (TPSA) is 92.5 Å². The number of H-pyrrole nitrogens is 1. The average molecular weight is 309 g/mol. The Morgan fingerprint density at radius 1 is 1.40 bits per heavy atom. The van der Waals surface area contributed by atoms with E-state index in [1.807, 2.05) is 11.4 Å². The molecule has 4 N–H and O–H groups in total. The van der Waals surface area contributed by atoms with Gasteiger partial charge in [0.15, 0.2) is 0 Å². The van der Waals surface area contributed by atoms with Gasteiger partial charge in [-0.15, -0.1) is 11.3 Å². The molecular weight excluding hydrogens is 296 g/mol. The van der Waals surface area contributed by atoms with E-state index in [9.17, 15) is 0 Å². The van der Waals surface area contributed by atoms with Gasteiger partial charge >= 0.3 is 0 Å². The van der Waals surface area contributed by atoms with Gasteiger partial charge in [-0.25, -0.2) is 9.97 Å². The van der Waals surface area contributed by atoms with E-state index in [-0.39, 0.29) is 5.28 Å². The van der Waals surface area contributed by atoms with E-state index in [1.165, 1.54) is 0 Å². The fraction of sp³-hybridized carbons (Fsp3) is 0.250. The molecule has 0 spiro atoms. The molecule has 3 heterocycles. The van der Waals surface area contributed by atoms with Gasteiger partial charge in [-0.2, -0.15) is 4.98 Å². The van der Waals surface area contributed by atoms with Gasteiger partial charge in [0.2, 0.25) is 5.28 Å². The molecule has 3 aromatic heterocycles. The number of nitrogens with zero attached hydrogens (tertiary/aromatic N) is 3. The summed E-state index contributed by atoms with van der Waals surface area (Å²) in [7, 11) is 0. The van der Waals surface area contributed by atoms with Crippen LogP contribution in [0.3, 0.4) is 0 Å². The molecule has 0 fully saturated rings. The Morgan fingerprint density at radius 3 is 3.05 bits per heavy atom. The zero-order valence-corrected chi connectivity index (χ0v) is 12.1. The van der Waals surface area contributed by atoms with Crippen LogP contribution in [0, 0.1) is 0 Å². The number of aromatic nitrogens is 4. The number of nitrogens with one attached hydrogen (secondary N) is 2. The van der Waals surface area contributed by atoms with Crippen molar-refractivity contribution in [1.29, 1.82) is 0 Å². The minimum Gasteiger partial charge on any atom is -0.363 e. The molecule has 0 aliphatic rings. The van der Waals surface area contributed by atoms with Crippen LogP contribution in [0.1, 0.15) is 10.7 Å². The number of nitrogens with two attached hydrogens (primary N) is 1. The van der Waals surface area contributed by atoms with Crippen LogP contribution in [-0.2, 0) is 13.0 Å². The number of hydrogen-bond acceptors (Lipinski definition) is 6. The third-order valence-corrected chi connectivity index (χ3v) is 3.77. The van der Waals surface area contributed by atoms with Crippen LogP contribution in [0.15, 0.2) is 17.6 Å². The van der Waals surface area contributed by atoms with Gasteiger partial charge in [0.1, 0.15) is 16.5 Å². The van der Waals surface area contributed by atoms with Gasteiger partial charge < -0.3 is 16.0 Å². The first-order valence-electron chi connectivity index (χ1n) is 6.13. The van der Waals surface area contributed by atoms with Crippen LogP contribution < -0.4 is 11.1 Å². The lowest BCUT2D eigenvalue weighted by molar-refractivity contribution is 0.937. The fourth-order valence-corrected chi connectivity index (χ4v) is 2.69. The van der Waals surface area contributed by atoms with E-state index in [4.69, 9.17) is 17.3 Å². The number of aromatic amines is 1. The lowest BCUT2D eigenvalue weighted by Gasteiger charge is -2.04. The predicted molar refractivity (Wildman–Crippen MR) is 81.1 cm³/mol. The van der Waals surface area contributed by atoms with E-state index < -0.39 is 0 Å². The van der Waals surface area contributed by atoms with Crippen LogP contribution >= 0.6 is 22.9 Å². The first-order chi connectivity index (χ1) is 9.76. The van der Waals surface area contributed by atoms with E-state index in [0.717, 1.165) is 28.2 Å². The maximum atomic E-state index is 5.95. The zero-order valence-electron chi connectivity index (χ0n) is 10.6. The molecule has 0 radical (unpaired) electrons. The van der Waals surface area contributed by atoms with Crippen LogP contribution in [0.2, 0.25) is 5.28 Å². The van der Waals surface area contributed by atoms with Crippen LogP contribution in [0.4, 0.5) is 5.82 Å². The zero-order chi connectivity index (χ0) is 13.9. The second-order valence-electron chi connectivity index (χ2n) is 4.22. The minimum atomic E-state index is 0.209. The summed E-state index contributed by atoms with van der Waals surface area (Å²) in [4.78, 5) is 15.9. The van der Waals surface area contributed by atoms with Crippen molar-refractivity contribution >= 4 is 39.8 Å². The summed E-state index contributed by atoms with van der Waals surface area (Å²) in [6, 6.07) is 2.00. The lowest BCUT2D eigenvalue weighted by Crippen LogP contribution is -2.02. The molecule has 0 saturated heterocycles. The quantitative estimate of drug-likeness (QED) is 0.628. The third kappa shape index (κ3) is 2.74. The molecule has 3 aromatic rings.